The van der Waals surface area contributed by atoms with Crippen LogP contribution in [0.15, 0.2) is 54.6 Å². The summed E-state index contributed by atoms with van der Waals surface area (Å²) in [7, 11) is 0. The van der Waals surface area contributed by atoms with Crippen LogP contribution in [0.5, 0.6) is 5.75 Å². The average molecular weight is 284 g/mol. The van der Waals surface area contributed by atoms with Crippen LogP contribution in [0, 0.1) is 0 Å². The second-order valence-electron chi connectivity index (χ2n) is 6.04. The first-order valence-electron chi connectivity index (χ1n) is 7.51. The number of aromatic hydroxyl groups is 1. The van der Waals surface area contributed by atoms with Crippen molar-refractivity contribution in [3.63, 3.8) is 0 Å². The summed E-state index contributed by atoms with van der Waals surface area (Å²) >= 11 is 0. The topological polar surface area (TPSA) is 29.5 Å². The Balaban J connectivity index is 1.74. The van der Waals surface area contributed by atoms with Crippen LogP contribution < -0.4 is 0 Å². The van der Waals surface area contributed by atoms with Gasteiger partial charge in [0.2, 0.25) is 0 Å². The minimum Gasteiger partial charge on any atom is -0.508 e. The van der Waals surface area contributed by atoms with E-state index in [0.717, 1.165) is 25.9 Å². The van der Waals surface area contributed by atoms with Gasteiger partial charge < -0.3 is 9.84 Å². The maximum absolute atomic E-state index is 9.31. The van der Waals surface area contributed by atoms with Crippen molar-refractivity contribution in [2.24, 2.45) is 0 Å². The van der Waals surface area contributed by atoms with Crippen LogP contribution in [-0.2, 0) is 17.6 Å². The third-order valence-electron chi connectivity index (χ3n) is 3.51. The van der Waals surface area contributed by atoms with Crippen molar-refractivity contribution in [3.05, 3.63) is 65.7 Å². The van der Waals surface area contributed by atoms with E-state index in [0.29, 0.717) is 5.75 Å². The van der Waals surface area contributed by atoms with Crippen molar-refractivity contribution in [1.82, 2.24) is 0 Å². The fraction of sp³-hybridized carbons (Fsp3) is 0.368. The Morgan fingerprint density at radius 1 is 0.905 bits per heavy atom. The van der Waals surface area contributed by atoms with E-state index in [-0.39, 0.29) is 5.60 Å². The molecular formula is C19H24O2. The average Bonchev–Trinajstić information content (AvgIpc) is 2.47. The molecule has 0 aromatic heterocycles. The van der Waals surface area contributed by atoms with Gasteiger partial charge in [0.1, 0.15) is 5.75 Å². The zero-order valence-corrected chi connectivity index (χ0v) is 12.9. The van der Waals surface area contributed by atoms with E-state index in [1.807, 2.05) is 18.2 Å². The van der Waals surface area contributed by atoms with Crippen molar-refractivity contribution < 1.29 is 9.84 Å². The molecule has 1 N–H and O–H groups in total. The Hall–Kier alpha value is -1.80. The van der Waals surface area contributed by atoms with Crippen molar-refractivity contribution in [2.75, 3.05) is 6.61 Å². The highest BCUT2D eigenvalue weighted by Gasteiger charge is 2.18. The Morgan fingerprint density at radius 3 is 2.24 bits per heavy atom. The van der Waals surface area contributed by atoms with E-state index < -0.39 is 0 Å². The number of rotatable bonds is 7. The molecule has 0 aliphatic carbocycles. The third-order valence-corrected chi connectivity index (χ3v) is 3.51. The summed E-state index contributed by atoms with van der Waals surface area (Å²) in [4.78, 5) is 0. The van der Waals surface area contributed by atoms with Crippen molar-refractivity contribution in [1.29, 1.82) is 0 Å². The molecule has 0 aliphatic heterocycles. The highest BCUT2D eigenvalue weighted by molar-refractivity contribution is 5.26. The number of ether oxygens (including phenoxy) is 1. The van der Waals surface area contributed by atoms with Crippen LogP contribution in [0.3, 0.4) is 0 Å². The van der Waals surface area contributed by atoms with E-state index in [9.17, 15) is 5.11 Å². The zero-order chi connectivity index (χ0) is 15.1. The molecule has 112 valence electrons. The lowest BCUT2D eigenvalue weighted by atomic mass is 9.98. The molecule has 0 radical (unpaired) electrons. The van der Waals surface area contributed by atoms with E-state index in [2.05, 4.69) is 38.1 Å². The zero-order valence-electron chi connectivity index (χ0n) is 12.9. The lowest BCUT2D eigenvalue weighted by Crippen LogP contribution is -2.28. The van der Waals surface area contributed by atoms with Crippen LogP contribution in [0.4, 0.5) is 0 Å². The van der Waals surface area contributed by atoms with E-state index in [1.54, 1.807) is 12.1 Å². The highest BCUT2D eigenvalue weighted by Crippen LogP contribution is 2.19. The summed E-state index contributed by atoms with van der Waals surface area (Å²) < 4.78 is 6.02. The van der Waals surface area contributed by atoms with Gasteiger partial charge in [-0.1, -0.05) is 42.5 Å². The van der Waals surface area contributed by atoms with Crippen LogP contribution in [0.2, 0.25) is 0 Å². The lowest BCUT2D eigenvalue weighted by molar-refractivity contribution is -0.0179. The SMILES string of the molecule is CC(C)(Cc1ccc(O)cc1)OCCCc1ccccc1. The maximum atomic E-state index is 9.31. The summed E-state index contributed by atoms with van der Waals surface area (Å²) in [6, 6.07) is 17.8. The summed E-state index contributed by atoms with van der Waals surface area (Å²) in [6.07, 6.45) is 2.93. The van der Waals surface area contributed by atoms with Crippen LogP contribution in [0.1, 0.15) is 31.4 Å². The summed E-state index contributed by atoms with van der Waals surface area (Å²) in [6.45, 7) is 4.99. The molecule has 0 fully saturated rings. The molecule has 0 atom stereocenters. The molecule has 0 spiro atoms. The Kier molecular flexibility index (Phi) is 5.40. The van der Waals surface area contributed by atoms with Gasteiger partial charge in [0.15, 0.2) is 0 Å². The number of phenols is 1. The molecule has 2 heteroatoms. The van der Waals surface area contributed by atoms with E-state index in [4.69, 9.17) is 4.74 Å². The normalized spacial score (nSPS) is 11.5. The fourth-order valence-corrected chi connectivity index (χ4v) is 2.43. The summed E-state index contributed by atoms with van der Waals surface area (Å²) in [5.74, 6) is 0.306. The number of hydrogen-bond donors (Lipinski definition) is 1. The molecule has 21 heavy (non-hydrogen) atoms. The van der Waals surface area contributed by atoms with E-state index in [1.165, 1.54) is 11.1 Å². The quantitative estimate of drug-likeness (QED) is 0.765. The van der Waals surface area contributed by atoms with Gasteiger partial charge in [-0.3, -0.25) is 0 Å². The van der Waals surface area contributed by atoms with Gasteiger partial charge in [0, 0.05) is 13.0 Å². The Labute approximate surface area is 127 Å². The molecule has 2 aromatic carbocycles. The predicted molar refractivity (Wildman–Crippen MR) is 86.6 cm³/mol. The summed E-state index contributed by atoms with van der Waals surface area (Å²) in [5.41, 5.74) is 2.35. The first-order chi connectivity index (χ1) is 10.1. The van der Waals surface area contributed by atoms with Crippen LogP contribution in [0.25, 0.3) is 0 Å². The number of aryl methyl sites for hydroxylation is 1. The van der Waals surface area contributed by atoms with E-state index >= 15 is 0 Å². The molecule has 0 bridgehead atoms. The van der Waals surface area contributed by atoms with Gasteiger partial charge in [-0.15, -0.1) is 0 Å². The largest absolute Gasteiger partial charge is 0.508 e. The molecule has 0 aliphatic rings. The fourth-order valence-electron chi connectivity index (χ4n) is 2.43. The Morgan fingerprint density at radius 2 is 1.57 bits per heavy atom. The second-order valence-corrected chi connectivity index (χ2v) is 6.04. The van der Waals surface area contributed by atoms with Gasteiger partial charge in [0.05, 0.1) is 5.60 Å². The van der Waals surface area contributed by atoms with Crippen molar-refractivity contribution >= 4 is 0 Å². The number of hydrogen-bond acceptors (Lipinski definition) is 2. The smallest absolute Gasteiger partial charge is 0.115 e. The number of phenolic OH excluding ortho intramolecular Hbond substituents is 1. The van der Waals surface area contributed by atoms with Gasteiger partial charge >= 0.3 is 0 Å². The molecule has 0 saturated carbocycles. The molecule has 0 saturated heterocycles. The van der Waals surface area contributed by atoms with Gasteiger partial charge in [0.25, 0.3) is 0 Å². The Bertz CT molecular complexity index is 529. The van der Waals surface area contributed by atoms with Gasteiger partial charge in [-0.05, 0) is 49.9 Å². The standard InChI is InChI=1S/C19H24O2/c1-19(2,15-17-10-12-18(20)13-11-17)21-14-6-9-16-7-4-3-5-8-16/h3-5,7-8,10-13,20H,6,9,14-15H2,1-2H3. The first kappa shape index (κ1) is 15.6. The van der Waals surface area contributed by atoms with Crippen molar-refractivity contribution in [3.8, 4) is 5.75 Å². The van der Waals surface area contributed by atoms with Crippen molar-refractivity contribution in [2.45, 2.75) is 38.7 Å². The molecule has 0 heterocycles. The summed E-state index contributed by atoms with van der Waals surface area (Å²) in [5, 5.41) is 9.31. The maximum Gasteiger partial charge on any atom is 0.115 e. The third kappa shape index (κ3) is 5.60. The monoisotopic (exact) mass is 284 g/mol. The minimum absolute atomic E-state index is 0.187. The molecular weight excluding hydrogens is 260 g/mol. The molecule has 0 amide bonds. The van der Waals surface area contributed by atoms with Crippen LogP contribution in [-0.4, -0.2) is 17.3 Å². The van der Waals surface area contributed by atoms with Crippen LogP contribution >= 0.6 is 0 Å². The predicted octanol–water partition coefficient (Wildman–Crippen LogP) is 4.36. The molecule has 2 rings (SSSR count). The molecule has 2 aromatic rings. The minimum atomic E-state index is -0.187. The number of benzene rings is 2. The second kappa shape index (κ2) is 7.28. The van der Waals surface area contributed by atoms with Gasteiger partial charge in [-0.2, -0.15) is 0 Å². The highest BCUT2D eigenvalue weighted by atomic mass is 16.5. The molecule has 2 nitrogen and oxygen atoms in total. The first-order valence-corrected chi connectivity index (χ1v) is 7.51. The molecule has 0 unspecified atom stereocenters. The lowest BCUT2D eigenvalue weighted by Gasteiger charge is -2.25. The van der Waals surface area contributed by atoms with Gasteiger partial charge in [-0.25, -0.2) is 0 Å².